The maximum atomic E-state index is 13.1. The Kier molecular flexibility index (Phi) is 6.25. The predicted octanol–water partition coefficient (Wildman–Crippen LogP) is 3.18. The Bertz CT molecular complexity index is 712. The molecule has 5 nitrogen and oxygen atoms in total. The number of ketones is 2. The molecule has 0 aromatic carbocycles. The summed E-state index contributed by atoms with van der Waals surface area (Å²) in [4.78, 5) is 37.4. The first-order chi connectivity index (χ1) is 12.4. The van der Waals surface area contributed by atoms with Gasteiger partial charge in [0.15, 0.2) is 5.78 Å². The van der Waals surface area contributed by atoms with E-state index in [0.29, 0.717) is 12.0 Å². The van der Waals surface area contributed by atoms with E-state index in [1.807, 2.05) is 32.9 Å². The Morgan fingerprint density at radius 1 is 1.26 bits per heavy atom. The predicted molar refractivity (Wildman–Crippen MR) is 103 cm³/mol. The molecule has 2 aliphatic rings. The number of aliphatic hydroxyl groups is 1. The van der Waals surface area contributed by atoms with Crippen molar-refractivity contribution in [1.82, 2.24) is 0 Å². The van der Waals surface area contributed by atoms with E-state index in [2.05, 4.69) is 6.58 Å². The number of hydrogen-bond donors (Lipinski definition) is 1. The number of esters is 1. The number of allylic oxidation sites excluding steroid dienone is 3. The lowest BCUT2D eigenvalue weighted by atomic mass is 9.85. The van der Waals surface area contributed by atoms with Gasteiger partial charge in [0.05, 0.1) is 0 Å². The molecule has 1 saturated carbocycles. The lowest BCUT2D eigenvalue weighted by molar-refractivity contribution is -0.146. The number of hydrogen-bond acceptors (Lipinski definition) is 5. The number of ether oxygens (including phenoxy) is 1. The molecule has 6 atom stereocenters. The molecule has 0 unspecified atom stereocenters. The Morgan fingerprint density at radius 2 is 1.89 bits per heavy atom. The zero-order valence-electron chi connectivity index (χ0n) is 16.8. The first kappa shape index (κ1) is 21.3. The fraction of sp³-hybridized carbons (Fsp3) is 0.591. The van der Waals surface area contributed by atoms with Gasteiger partial charge < -0.3 is 9.84 Å². The SMILES string of the molecule is C=C(C)[C@@H]1/C=C/[C@@H](C)C(=O)[C@H]2C[C@@H](C)[C@@H](OC(C)=O)/C2=C/[C@](C)(O)C(=O)C1. The van der Waals surface area contributed by atoms with Crippen LogP contribution in [0.5, 0.6) is 0 Å². The average molecular weight is 374 g/mol. The van der Waals surface area contributed by atoms with Gasteiger partial charge in [0.1, 0.15) is 17.5 Å². The minimum Gasteiger partial charge on any atom is -0.458 e. The second kappa shape index (κ2) is 7.93. The van der Waals surface area contributed by atoms with Gasteiger partial charge in [-0.3, -0.25) is 14.4 Å². The highest BCUT2D eigenvalue weighted by atomic mass is 16.5. The number of fused-ring (bicyclic) bond motifs is 1. The lowest BCUT2D eigenvalue weighted by Crippen LogP contribution is -2.36. The molecule has 1 N–H and O–H groups in total. The minimum absolute atomic E-state index is 0.00427. The van der Waals surface area contributed by atoms with E-state index in [1.54, 1.807) is 0 Å². The number of rotatable bonds is 2. The molecule has 0 heterocycles. The van der Waals surface area contributed by atoms with Gasteiger partial charge in [-0.1, -0.05) is 38.2 Å². The molecule has 0 saturated heterocycles. The smallest absolute Gasteiger partial charge is 0.303 e. The van der Waals surface area contributed by atoms with Crippen LogP contribution in [0, 0.1) is 23.7 Å². The second-order valence-electron chi connectivity index (χ2n) is 8.24. The quantitative estimate of drug-likeness (QED) is 0.593. The summed E-state index contributed by atoms with van der Waals surface area (Å²) in [5.74, 6) is -1.93. The third kappa shape index (κ3) is 4.64. The molecular formula is C22H30O5. The van der Waals surface area contributed by atoms with Crippen LogP contribution in [0.3, 0.4) is 0 Å². The molecule has 0 aromatic heterocycles. The summed E-state index contributed by atoms with van der Waals surface area (Å²) in [6, 6.07) is 0. The van der Waals surface area contributed by atoms with Crippen LogP contribution in [0.2, 0.25) is 0 Å². The molecule has 148 valence electrons. The summed E-state index contributed by atoms with van der Waals surface area (Å²) in [6.45, 7) is 12.2. The molecule has 0 spiro atoms. The normalized spacial score (nSPS) is 40.4. The molecule has 0 amide bonds. The van der Waals surface area contributed by atoms with Crippen molar-refractivity contribution >= 4 is 17.5 Å². The van der Waals surface area contributed by atoms with E-state index in [1.165, 1.54) is 19.9 Å². The molecule has 2 rings (SSSR count). The van der Waals surface area contributed by atoms with Gasteiger partial charge >= 0.3 is 5.97 Å². The van der Waals surface area contributed by atoms with E-state index >= 15 is 0 Å². The molecule has 0 bridgehead atoms. The largest absolute Gasteiger partial charge is 0.458 e. The summed E-state index contributed by atoms with van der Waals surface area (Å²) < 4.78 is 5.45. The van der Waals surface area contributed by atoms with Gasteiger partial charge in [-0.15, -0.1) is 0 Å². The van der Waals surface area contributed by atoms with E-state index < -0.39 is 23.6 Å². The van der Waals surface area contributed by atoms with E-state index in [0.717, 1.165) is 5.57 Å². The summed E-state index contributed by atoms with van der Waals surface area (Å²) in [5.41, 5.74) is -0.408. The fourth-order valence-corrected chi connectivity index (χ4v) is 3.92. The standard InChI is InChI=1S/C22H30O5/c1-12(2)16-8-7-13(3)20(25)17-9-14(4)21(27-15(5)23)18(17)11-22(6,26)19(24)10-16/h7-8,11,13-14,16-17,21,26H,1,9-10H2,2-6H3/b8-7+,18-11+/t13-,14-,16-,17+,21-,22+/m1/s1. The Hall–Kier alpha value is -2.01. The summed E-state index contributed by atoms with van der Waals surface area (Å²) in [7, 11) is 0. The van der Waals surface area contributed by atoms with Gasteiger partial charge in [-0.05, 0) is 37.8 Å². The van der Waals surface area contributed by atoms with Gasteiger partial charge in [0.25, 0.3) is 0 Å². The van der Waals surface area contributed by atoms with Crippen molar-refractivity contribution in [3.05, 3.63) is 36.0 Å². The van der Waals surface area contributed by atoms with E-state index in [4.69, 9.17) is 4.74 Å². The van der Waals surface area contributed by atoms with Crippen molar-refractivity contribution in [1.29, 1.82) is 0 Å². The van der Waals surface area contributed by atoms with E-state index in [-0.39, 0.29) is 35.7 Å². The second-order valence-corrected chi connectivity index (χ2v) is 8.24. The molecule has 5 heteroatoms. The number of carbonyl (C=O) groups excluding carboxylic acids is 3. The topological polar surface area (TPSA) is 80.7 Å². The van der Waals surface area contributed by atoms with Gasteiger partial charge in [-0.2, -0.15) is 0 Å². The lowest BCUT2D eigenvalue weighted by Gasteiger charge is -2.25. The highest BCUT2D eigenvalue weighted by molar-refractivity contribution is 5.92. The van der Waals surface area contributed by atoms with Crippen LogP contribution >= 0.6 is 0 Å². The van der Waals surface area contributed by atoms with Crippen LogP contribution in [-0.4, -0.2) is 34.3 Å². The summed E-state index contributed by atoms with van der Waals surface area (Å²) in [5, 5.41) is 10.9. The molecular weight excluding hydrogens is 344 g/mol. The Balaban J connectivity index is 2.56. The third-order valence-corrected chi connectivity index (χ3v) is 5.62. The maximum Gasteiger partial charge on any atom is 0.303 e. The molecule has 0 radical (unpaired) electrons. The molecule has 1 fully saturated rings. The summed E-state index contributed by atoms with van der Waals surface area (Å²) >= 11 is 0. The van der Waals surface area contributed by atoms with Crippen LogP contribution < -0.4 is 0 Å². The van der Waals surface area contributed by atoms with Gasteiger partial charge in [-0.25, -0.2) is 0 Å². The fourth-order valence-electron chi connectivity index (χ4n) is 3.92. The van der Waals surface area contributed by atoms with Crippen LogP contribution in [-0.2, 0) is 19.1 Å². The van der Waals surface area contributed by atoms with Crippen molar-refractivity contribution < 1.29 is 24.2 Å². The molecule has 0 aliphatic heterocycles. The Morgan fingerprint density at radius 3 is 2.44 bits per heavy atom. The highest BCUT2D eigenvalue weighted by Gasteiger charge is 2.45. The van der Waals surface area contributed by atoms with Crippen molar-refractivity contribution in [2.45, 2.75) is 59.2 Å². The van der Waals surface area contributed by atoms with Crippen LogP contribution in [0.25, 0.3) is 0 Å². The summed E-state index contributed by atoms with van der Waals surface area (Å²) in [6.07, 6.45) is 5.12. The highest BCUT2D eigenvalue weighted by Crippen LogP contribution is 2.42. The maximum absolute atomic E-state index is 13.1. The zero-order chi connectivity index (χ0) is 20.5. The van der Waals surface area contributed by atoms with Crippen molar-refractivity contribution in [3.8, 4) is 0 Å². The third-order valence-electron chi connectivity index (χ3n) is 5.62. The monoisotopic (exact) mass is 374 g/mol. The number of Topliss-reactive ketones (excluding diaryl/α,β-unsaturated/α-hetero) is 2. The van der Waals surface area contributed by atoms with Crippen molar-refractivity contribution in [2.75, 3.05) is 0 Å². The molecule has 0 aromatic rings. The average Bonchev–Trinajstić information content (AvgIpc) is 2.84. The zero-order valence-corrected chi connectivity index (χ0v) is 16.8. The van der Waals surface area contributed by atoms with E-state index in [9.17, 15) is 19.5 Å². The first-order valence-corrected chi connectivity index (χ1v) is 9.47. The minimum atomic E-state index is -1.74. The Labute approximate surface area is 161 Å². The molecule has 2 aliphatic carbocycles. The van der Waals surface area contributed by atoms with Crippen molar-refractivity contribution in [3.63, 3.8) is 0 Å². The van der Waals surface area contributed by atoms with Crippen LogP contribution in [0.4, 0.5) is 0 Å². The number of carbonyl (C=O) groups is 3. The van der Waals surface area contributed by atoms with Gasteiger partial charge in [0, 0.05) is 31.1 Å². The van der Waals surface area contributed by atoms with Gasteiger partial charge in [0.2, 0.25) is 0 Å². The van der Waals surface area contributed by atoms with Crippen LogP contribution in [0.1, 0.15) is 47.5 Å². The van der Waals surface area contributed by atoms with Crippen molar-refractivity contribution in [2.24, 2.45) is 23.7 Å². The first-order valence-electron chi connectivity index (χ1n) is 9.47. The van der Waals surface area contributed by atoms with Crippen LogP contribution in [0.15, 0.2) is 36.0 Å². The molecule has 27 heavy (non-hydrogen) atoms.